The summed E-state index contributed by atoms with van der Waals surface area (Å²) in [6.07, 6.45) is 0.534. The van der Waals surface area contributed by atoms with Crippen LogP contribution in [-0.2, 0) is 21.1 Å². The molecule has 1 heterocycles. The van der Waals surface area contributed by atoms with Crippen molar-refractivity contribution in [3.63, 3.8) is 0 Å². The van der Waals surface area contributed by atoms with Crippen LogP contribution in [0.25, 0.3) is 0 Å². The van der Waals surface area contributed by atoms with E-state index in [1.165, 1.54) is 12.1 Å². The second-order valence-electron chi connectivity index (χ2n) is 8.64. The van der Waals surface area contributed by atoms with Crippen molar-refractivity contribution in [2.24, 2.45) is 10.9 Å². The Kier molecular flexibility index (Phi) is 10.5. The number of halogens is 4. The zero-order valence-corrected chi connectivity index (χ0v) is 21.2. The lowest BCUT2D eigenvalue weighted by Gasteiger charge is -2.33. The monoisotopic (exact) mass is 569 g/mol. The molecule has 9 heteroatoms. The van der Waals surface area contributed by atoms with Gasteiger partial charge in [-0.05, 0) is 30.9 Å². The topological polar surface area (TPSA) is 46.1 Å². The van der Waals surface area contributed by atoms with E-state index in [0.29, 0.717) is 32.3 Å². The maximum absolute atomic E-state index is 13.3. The maximum atomic E-state index is 13.3. The number of guanidine groups is 1. The van der Waals surface area contributed by atoms with E-state index in [1.807, 2.05) is 6.07 Å². The van der Waals surface area contributed by atoms with Gasteiger partial charge in [0.2, 0.25) is 0 Å². The standard InChI is InChI=1S/C23H34F3N3O2.HI/c1-27-21(29-11-8-18(15-29)16-31-13-12-30-2)28-17-22(9-3-4-10-22)19-6-5-7-20(14-19)23(24,25)26;/h5-7,14,18H,3-4,8-13,15-17H2,1-2H3,(H,27,28);1H. The molecule has 1 aromatic carbocycles. The summed E-state index contributed by atoms with van der Waals surface area (Å²) in [5, 5.41) is 3.48. The summed E-state index contributed by atoms with van der Waals surface area (Å²) in [6, 6.07) is 5.85. The Morgan fingerprint density at radius 3 is 2.66 bits per heavy atom. The van der Waals surface area contributed by atoms with E-state index in [2.05, 4.69) is 15.2 Å². The highest BCUT2D eigenvalue weighted by Gasteiger charge is 2.38. The number of aliphatic imine (C=N–C) groups is 1. The molecule has 1 N–H and O–H groups in total. The van der Waals surface area contributed by atoms with E-state index in [-0.39, 0.29) is 29.4 Å². The molecule has 5 nitrogen and oxygen atoms in total. The van der Waals surface area contributed by atoms with Crippen molar-refractivity contribution >= 4 is 29.9 Å². The molecule has 1 saturated heterocycles. The second kappa shape index (κ2) is 12.4. The fourth-order valence-corrected chi connectivity index (χ4v) is 4.78. The number of rotatable bonds is 8. The molecule has 0 bridgehead atoms. The molecule has 2 aliphatic rings. The summed E-state index contributed by atoms with van der Waals surface area (Å²) >= 11 is 0. The van der Waals surface area contributed by atoms with Crippen LogP contribution in [0.1, 0.15) is 43.2 Å². The van der Waals surface area contributed by atoms with E-state index in [1.54, 1.807) is 14.2 Å². The van der Waals surface area contributed by atoms with Gasteiger partial charge in [0.1, 0.15) is 0 Å². The van der Waals surface area contributed by atoms with Crippen molar-refractivity contribution in [3.8, 4) is 0 Å². The average Bonchev–Trinajstić information content (AvgIpc) is 3.42. The zero-order chi connectivity index (χ0) is 22.3. The Morgan fingerprint density at radius 1 is 1.25 bits per heavy atom. The van der Waals surface area contributed by atoms with Crippen molar-refractivity contribution in [1.29, 1.82) is 0 Å². The van der Waals surface area contributed by atoms with Crippen LogP contribution >= 0.6 is 24.0 Å². The van der Waals surface area contributed by atoms with E-state index >= 15 is 0 Å². The van der Waals surface area contributed by atoms with Gasteiger partial charge in [0.25, 0.3) is 0 Å². The first kappa shape index (κ1) is 27.2. The lowest BCUT2D eigenvalue weighted by Crippen LogP contribution is -2.46. The summed E-state index contributed by atoms with van der Waals surface area (Å²) in [4.78, 5) is 6.67. The number of likely N-dealkylation sites (tertiary alicyclic amines) is 1. The van der Waals surface area contributed by atoms with Crippen LogP contribution in [0, 0.1) is 5.92 Å². The van der Waals surface area contributed by atoms with Crippen LogP contribution in [0.4, 0.5) is 13.2 Å². The fraction of sp³-hybridized carbons (Fsp3) is 0.696. The summed E-state index contributed by atoms with van der Waals surface area (Å²) in [7, 11) is 3.42. The van der Waals surface area contributed by atoms with E-state index in [0.717, 1.165) is 62.8 Å². The Bertz CT molecular complexity index is 739. The smallest absolute Gasteiger partial charge is 0.382 e. The molecular formula is C23H35F3IN3O2. The normalized spacial score (nSPS) is 21.0. The molecule has 1 aliphatic carbocycles. The van der Waals surface area contributed by atoms with Gasteiger partial charge in [-0.25, -0.2) is 0 Å². The van der Waals surface area contributed by atoms with Crippen molar-refractivity contribution in [2.75, 3.05) is 53.6 Å². The lowest BCUT2D eigenvalue weighted by molar-refractivity contribution is -0.137. The first-order valence-corrected chi connectivity index (χ1v) is 11.1. The number of nitrogens with one attached hydrogen (secondary N) is 1. The molecule has 1 saturated carbocycles. The van der Waals surface area contributed by atoms with Crippen LogP contribution in [0.3, 0.4) is 0 Å². The third-order valence-corrected chi connectivity index (χ3v) is 6.53. The highest BCUT2D eigenvalue weighted by molar-refractivity contribution is 14.0. The number of methoxy groups -OCH3 is 1. The molecule has 3 rings (SSSR count). The van der Waals surface area contributed by atoms with Gasteiger partial charge in [0.15, 0.2) is 5.96 Å². The van der Waals surface area contributed by atoms with Crippen molar-refractivity contribution in [2.45, 2.75) is 43.7 Å². The van der Waals surface area contributed by atoms with E-state index < -0.39 is 11.7 Å². The van der Waals surface area contributed by atoms with Crippen molar-refractivity contribution in [3.05, 3.63) is 35.4 Å². The molecule has 0 amide bonds. The lowest BCUT2D eigenvalue weighted by atomic mass is 9.78. The van der Waals surface area contributed by atoms with Crippen LogP contribution in [0.15, 0.2) is 29.3 Å². The van der Waals surface area contributed by atoms with Crippen molar-refractivity contribution in [1.82, 2.24) is 10.2 Å². The van der Waals surface area contributed by atoms with Crippen LogP contribution in [0.5, 0.6) is 0 Å². The molecule has 1 aliphatic heterocycles. The molecule has 0 radical (unpaired) electrons. The predicted octanol–water partition coefficient (Wildman–Crippen LogP) is 4.70. The Morgan fingerprint density at radius 2 is 2.00 bits per heavy atom. The zero-order valence-electron chi connectivity index (χ0n) is 18.9. The van der Waals surface area contributed by atoms with Crippen molar-refractivity contribution < 1.29 is 22.6 Å². The summed E-state index contributed by atoms with van der Waals surface area (Å²) in [5.74, 6) is 1.26. The Labute approximate surface area is 206 Å². The largest absolute Gasteiger partial charge is 0.416 e. The molecule has 0 aromatic heterocycles. The average molecular weight is 569 g/mol. The SMILES string of the molecule is CN=C(NCC1(c2cccc(C(F)(F)F)c2)CCCC1)N1CCC(COCCOC)C1.I. The Hall–Kier alpha value is -1.07. The first-order valence-electron chi connectivity index (χ1n) is 11.1. The van der Waals surface area contributed by atoms with E-state index in [9.17, 15) is 13.2 Å². The molecular weight excluding hydrogens is 534 g/mol. The quantitative estimate of drug-likeness (QED) is 0.214. The highest BCUT2D eigenvalue weighted by Crippen LogP contribution is 2.42. The summed E-state index contributed by atoms with van der Waals surface area (Å²) < 4.78 is 50.5. The highest BCUT2D eigenvalue weighted by atomic mass is 127. The van der Waals surface area contributed by atoms with Gasteiger partial charge < -0.3 is 19.7 Å². The number of hydrogen-bond donors (Lipinski definition) is 1. The van der Waals surface area contributed by atoms with Gasteiger partial charge in [-0.15, -0.1) is 24.0 Å². The van der Waals surface area contributed by atoms with Gasteiger partial charge >= 0.3 is 6.18 Å². The van der Waals surface area contributed by atoms with Gasteiger partial charge in [-0.2, -0.15) is 13.2 Å². The first-order chi connectivity index (χ1) is 14.9. The minimum atomic E-state index is -4.32. The summed E-state index contributed by atoms with van der Waals surface area (Å²) in [6.45, 7) is 4.24. The summed E-state index contributed by atoms with van der Waals surface area (Å²) in [5.41, 5.74) is -0.0929. The number of ether oxygens (including phenoxy) is 2. The second-order valence-corrected chi connectivity index (χ2v) is 8.64. The number of alkyl halides is 3. The van der Waals surface area contributed by atoms with Crippen LogP contribution in [-0.4, -0.2) is 64.5 Å². The Balaban J connectivity index is 0.00000363. The molecule has 1 atom stereocenters. The third kappa shape index (κ3) is 6.96. The third-order valence-electron chi connectivity index (χ3n) is 6.53. The molecule has 0 spiro atoms. The molecule has 2 fully saturated rings. The number of hydrogen-bond acceptors (Lipinski definition) is 3. The van der Waals surface area contributed by atoms with Gasteiger partial charge in [-0.1, -0.05) is 31.0 Å². The minimum absolute atomic E-state index is 0. The predicted molar refractivity (Wildman–Crippen MR) is 131 cm³/mol. The molecule has 1 unspecified atom stereocenters. The fourth-order valence-electron chi connectivity index (χ4n) is 4.78. The number of nitrogens with zero attached hydrogens (tertiary/aromatic N) is 2. The maximum Gasteiger partial charge on any atom is 0.416 e. The van der Waals surface area contributed by atoms with Gasteiger partial charge in [-0.3, -0.25) is 4.99 Å². The van der Waals surface area contributed by atoms with Crippen LogP contribution in [0.2, 0.25) is 0 Å². The van der Waals surface area contributed by atoms with Gasteiger partial charge in [0.05, 0.1) is 25.4 Å². The van der Waals surface area contributed by atoms with Gasteiger partial charge in [0, 0.05) is 45.1 Å². The molecule has 182 valence electrons. The van der Waals surface area contributed by atoms with E-state index in [4.69, 9.17) is 9.47 Å². The minimum Gasteiger partial charge on any atom is -0.382 e. The molecule has 32 heavy (non-hydrogen) atoms. The molecule has 1 aromatic rings. The number of benzene rings is 1. The van der Waals surface area contributed by atoms with Crippen LogP contribution < -0.4 is 5.32 Å².